The van der Waals surface area contributed by atoms with E-state index in [1.54, 1.807) is 12.1 Å². The Bertz CT molecular complexity index is 1140. The number of benzene rings is 3. The minimum atomic E-state index is -1.28. The molecule has 4 aromatic rings. The maximum Gasteiger partial charge on any atom is 0.228 e. The molecule has 0 unspecified atom stereocenters. The van der Waals surface area contributed by atoms with Gasteiger partial charge in [-0.25, -0.2) is 0 Å². The molecule has 0 saturated heterocycles. The van der Waals surface area contributed by atoms with Crippen LogP contribution in [0, 0.1) is 6.92 Å². The van der Waals surface area contributed by atoms with Crippen molar-refractivity contribution in [2.75, 3.05) is 0 Å². The van der Waals surface area contributed by atoms with E-state index in [9.17, 15) is 9.00 Å². The Balaban J connectivity index is 1.80. The van der Waals surface area contributed by atoms with E-state index in [1.807, 2.05) is 73.7 Å². The molecule has 0 radical (unpaired) electrons. The number of rotatable bonds is 5. The van der Waals surface area contributed by atoms with Gasteiger partial charge in [-0.3, -0.25) is 9.00 Å². The first kappa shape index (κ1) is 17.4. The van der Waals surface area contributed by atoms with Crippen LogP contribution in [0.25, 0.3) is 11.0 Å². The molecule has 0 amide bonds. The van der Waals surface area contributed by atoms with Crippen molar-refractivity contribution in [1.29, 1.82) is 0 Å². The van der Waals surface area contributed by atoms with E-state index in [0.29, 0.717) is 16.7 Å². The summed E-state index contributed by atoms with van der Waals surface area (Å²) >= 11 is 0. The molecular weight excluding hydrogens is 356 g/mol. The van der Waals surface area contributed by atoms with Gasteiger partial charge in [-0.1, -0.05) is 66.7 Å². The molecule has 0 bridgehead atoms. The summed E-state index contributed by atoms with van der Waals surface area (Å²) in [5.41, 5.74) is 2.86. The fourth-order valence-electron chi connectivity index (χ4n) is 3.17. The fourth-order valence-corrected chi connectivity index (χ4v) is 4.53. The SMILES string of the molecule is Cc1ccccc1[S@](=O)Cc1c(C(=O)c2ccccc2)oc2ccccc12. The van der Waals surface area contributed by atoms with Gasteiger partial charge < -0.3 is 4.42 Å². The zero-order valence-electron chi connectivity index (χ0n) is 14.8. The lowest BCUT2D eigenvalue weighted by Crippen LogP contribution is -2.06. The molecule has 0 saturated carbocycles. The van der Waals surface area contributed by atoms with Gasteiger partial charge in [0.15, 0.2) is 5.76 Å². The van der Waals surface area contributed by atoms with Gasteiger partial charge in [0.25, 0.3) is 0 Å². The maximum atomic E-state index is 13.0. The Morgan fingerprint density at radius 1 is 0.889 bits per heavy atom. The lowest BCUT2D eigenvalue weighted by molar-refractivity contribution is 0.101. The van der Waals surface area contributed by atoms with Gasteiger partial charge in [0.1, 0.15) is 5.58 Å². The molecule has 0 spiro atoms. The van der Waals surface area contributed by atoms with Crippen molar-refractivity contribution in [3.05, 3.63) is 101 Å². The van der Waals surface area contributed by atoms with Crippen molar-refractivity contribution in [3.8, 4) is 0 Å². The average molecular weight is 374 g/mol. The average Bonchev–Trinajstić information content (AvgIpc) is 3.07. The van der Waals surface area contributed by atoms with E-state index in [4.69, 9.17) is 4.42 Å². The molecule has 1 aromatic heterocycles. The number of carbonyl (C=O) groups excluding carboxylic acids is 1. The van der Waals surface area contributed by atoms with Crippen molar-refractivity contribution in [2.45, 2.75) is 17.6 Å². The van der Waals surface area contributed by atoms with Crippen LogP contribution in [-0.4, -0.2) is 9.99 Å². The van der Waals surface area contributed by atoms with Crippen LogP contribution in [0.3, 0.4) is 0 Å². The first-order chi connectivity index (χ1) is 13.1. The molecule has 4 rings (SSSR count). The maximum absolute atomic E-state index is 13.0. The number of fused-ring (bicyclic) bond motifs is 1. The third-order valence-corrected chi connectivity index (χ3v) is 6.05. The number of hydrogen-bond donors (Lipinski definition) is 0. The zero-order chi connectivity index (χ0) is 18.8. The van der Waals surface area contributed by atoms with E-state index in [-0.39, 0.29) is 17.3 Å². The van der Waals surface area contributed by atoms with Crippen molar-refractivity contribution in [3.63, 3.8) is 0 Å². The highest BCUT2D eigenvalue weighted by Crippen LogP contribution is 2.30. The summed E-state index contributed by atoms with van der Waals surface area (Å²) in [6.07, 6.45) is 0. The zero-order valence-corrected chi connectivity index (χ0v) is 15.7. The second-order valence-corrected chi connectivity index (χ2v) is 7.78. The van der Waals surface area contributed by atoms with Gasteiger partial charge >= 0.3 is 0 Å². The monoisotopic (exact) mass is 374 g/mol. The molecule has 0 aliphatic carbocycles. The Kier molecular flexibility index (Phi) is 4.73. The van der Waals surface area contributed by atoms with Crippen LogP contribution in [0.15, 0.2) is 88.2 Å². The number of ketones is 1. The van der Waals surface area contributed by atoms with Crippen molar-refractivity contribution >= 4 is 27.6 Å². The Morgan fingerprint density at radius 3 is 2.33 bits per heavy atom. The third-order valence-electron chi connectivity index (χ3n) is 4.55. The van der Waals surface area contributed by atoms with Gasteiger partial charge in [0, 0.05) is 21.4 Å². The molecule has 0 N–H and O–H groups in total. The van der Waals surface area contributed by atoms with Crippen molar-refractivity contribution < 1.29 is 13.4 Å². The molecule has 1 heterocycles. The largest absolute Gasteiger partial charge is 0.452 e. The lowest BCUT2D eigenvalue weighted by Gasteiger charge is -2.06. The smallest absolute Gasteiger partial charge is 0.228 e. The minimum absolute atomic E-state index is 0.191. The Hall–Kier alpha value is -2.98. The number of aryl methyl sites for hydroxylation is 1. The van der Waals surface area contributed by atoms with Crippen molar-refractivity contribution in [2.24, 2.45) is 0 Å². The molecular formula is C23H18O3S. The first-order valence-electron chi connectivity index (χ1n) is 8.69. The fraction of sp³-hybridized carbons (Fsp3) is 0.0870. The number of hydrogen-bond acceptors (Lipinski definition) is 3. The standard InChI is InChI=1S/C23H18O3S/c1-16-9-5-8-14-21(16)27(25)15-19-18-12-6-7-13-20(18)26-23(19)22(24)17-10-3-2-4-11-17/h2-14H,15H2,1H3/t27-/m1/s1. The summed E-state index contributed by atoms with van der Waals surface area (Å²) in [6.45, 7) is 1.94. The van der Waals surface area contributed by atoms with Gasteiger partial charge in [0.2, 0.25) is 5.78 Å². The predicted octanol–water partition coefficient (Wildman–Crippen LogP) is 5.28. The quantitative estimate of drug-likeness (QED) is 0.447. The normalized spacial score (nSPS) is 12.2. The molecule has 0 aliphatic rings. The van der Waals surface area contributed by atoms with Crippen LogP contribution in [-0.2, 0) is 16.6 Å². The topological polar surface area (TPSA) is 47.3 Å². The number of para-hydroxylation sites is 1. The second kappa shape index (κ2) is 7.33. The van der Waals surface area contributed by atoms with E-state index in [2.05, 4.69) is 0 Å². The number of furan rings is 1. The van der Waals surface area contributed by atoms with E-state index in [0.717, 1.165) is 15.8 Å². The van der Waals surface area contributed by atoms with Crippen LogP contribution in [0.2, 0.25) is 0 Å². The summed E-state index contributed by atoms with van der Waals surface area (Å²) in [6, 6.07) is 24.1. The number of carbonyl (C=O) groups is 1. The Labute approximate surface area is 160 Å². The van der Waals surface area contributed by atoms with Crippen LogP contribution in [0.5, 0.6) is 0 Å². The first-order valence-corrected chi connectivity index (χ1v) is 10.0. The van der Waals surface area contributed by atoms with Crippen LogP contribution in [0.4, 0.5) is 0 Å². The molecule has 0 aliphatic heterocycles. The van der Waals surface area contributed by atoms with Gasteiger partial charge in [-0.15, -0.1) is 0 Å². The molecule has 3 aromatic carbocycles. The summed E-state index contributed by atoms with van der Waals surface area (Å²) < 4.78 is 18.9. The lowest BCUT2D eigenvalue weighted by atomic mass is 10.0. The molecule has 3 nitrogen and oxygen atoms in total. The summed E-state index contributed by atoms with van der Waals surface area (Å²) in [5, 5.41) is 0.832. The van der Waals surface area contributed by atoms with E-state index >= 15 is 0 Å². The molecule has 0 fully saturated rings. The highest BCUT2D eigenvalue weighted by atomic mass is 32.2. The van der Waals surface area contributed by atoms with Gasteiger partial charge in [-0.2, -0.15) is 0 Å². The predicted molar refractivity (Wildman–Crippen MR) is 107 cm³/mol. The van der Waals surface area contributed by atoms with Crippen LogP contribution >= 0.6 is 0 Å². The molecule has 4 heteroatoms. The summed E-state index contributed by atoms with van der Waals surface area (Å²) in [7, 11) is -1.28. The summed E-state index contributed by atoms with van der Waals surface area (Å²) in [4.78, 5) is 13.8. The molecule has 1 atom stereocenters. The van der Waals surface area contributed by atoms with Crippen molar-refractivity contribution in [1.82, 2.24) is 0 Å². The van der Waals surface area contributed by atoms with Gasteiger partial charge in [-0.05, 0) is 24.6 Å². The highest BCUT2D eigenvalue weighted by Gasteiger charge is 2.23. The van der Waals surface area contributed by atoms with E-state index < -0.39 is 10.8 Å². The molecule has 27 heavy (non-hydrogen) atoms. The molecule has 134 valence electrons. The Morgan fingerprint density at radius 2 is 1.56 bits per heavy atom. The second-order valence-electron chi connectivity index (χ2n) is 6.36. The minimum Gasteiger partial charge on any atom is -0.452 e. The highest BCUT2D eigenvalue weighted by molar-refractivity contribution is 7.84. The van der Waals surface area contributed by atoms with Crippen LogP contribution < -0.4 is 0 Å². The summed E-state index contributed by atoms with van der Waals surface area (Å²) in [5.74, 6) is 0.309. The third kappa shape index (κ3) is 3.36. The van der Waals surface area contributed by atoms with Gasteiger partial charge in [0.05, 0.1) is 16.6 Å². The van der Waals surface area contributed by atoms with E-state index in [1.165, 1.54) is 0 Å². The van der Waals surface area contributed by atoms with Crippen LogP contribution in [0.1, 0.15) is 27.2 Å².